The molecule has 0 saturated heterocycles. The average molecular weight is 394 g/mol. The van der Waals surface area contributed by atoms with Crippen molar-refractivity contribution in [2.24, 2.45) is 16.1 Å². The van der Waals surface area contributed by atoms with Crippen LogP contribution in [0.5, 0.6) is 0 Å². The fourth-order valence-electron chi connectivity index (χ4n) is 3.86. The third-order valence-corrected chi connectivity index (χ3v) is 5.20. The van der Waals surface area contributed by atoms with Crippen molar-refractivity contribution in [3.05, 3.63) is 107 Å². The van der Waals surface area contributed by atoms with E-state index in [4.69, 9.17) is 0 Å². The third kappa shape index (κ3) is 3.64. The normalized spacial score (nSPS) is 16.6. The van der Waals surface area contributed by atoms with E-state index in [0.29, 0.717) is 16.8 Å². The summed E-state index contributed by atoms with van der Waals surface area (Å²) in [5, 5.41) is 8.53. The van der Waals surface area contributed by atoms with Gasteiger partial charge in [0.1, 0.15) is 5.92 Å². The number of Topliss-reactive ketones (excluding diaryl/α,β-unsaturated/α-hetero) is 2. The molecule has 3 aromatic rings. The van der Waals surface area contributed by atoms with E-state index in [1.807, 2.05) is 86.6 Å². The van der Waals surface area contributed by atoms with Gasteiger partial charge in [-0.05, 0) is 25.0 Å². The number of nitrogens with zero attached hydrogens (tertiary/aromatic N) is 2. The second kappa shape index (κ2) is 8.37. The Morgan fingerprint density at radius 3 is 1.80 bits per heavy atom. The second-order valence-electron chi connectivity index (χ2n) is 7.53. The van der Waals surface area contributed by atoms with Gasteiger partial charge in [0.25, 0.3) is 0 Å². The molecule has 3 aromatic carbocycles. The summed E-state index contributed by atoms with van der Waals surface area (Å²) < 4.78 is 0. The van der Waals surface area contributed by atoms with Crippen LogP contribution in [0, 0.1) is 5.92 Å². The second-order valence-corrected chi connectivity index (χ2v) is 7.53. The summed E-state index contributed by atoms with van der Waals surface area (Å²) in [5.74, 6) is -1.94. The standard InChI is InChI=1S/C26H22N2O2/c1-17(2)27-28-24-20-15-9-10-16-21(20)25(29)23(24)26(30)22(18-11-5-3-6-12-18)19-13-7-4-8-14-19/h3-16,22-23H,1-2H3/b28-24+/t23-/m1/s1. The van der Waals surface area contributed by atoms with Gasteiger partial charge in [0.2, 0.25) is 0 Å². The van der Waals surface area contributed by atoms with Crippen molar-refractivity contribution in [1.29, 1.82) is 0 Å². The molecular formula is C26H22N2O2. The highest BCUT2D eigenvalue weighted by atomic mass is 16.2. The van der Waals surface area contributed by atoms with E-state index in [0.717, 1.165) is 16.8 Å². The van der Waals surface area contributed by atoms with Gasteiger partial charge in [-0.2, -0.15) is 10.2 Å². The van der Waals surface area contributed by atoms with Gasteiger partial charge in [-0.3, -0.25) is 9.59 Å². The molecule has 0 N–H and O–H groups in total. The summed E-state index contributed by atoms with van der Waals surface area (Å²) in [6.07, 6.45) is 0. The molecule has 1 aliphatic rings. The van der Waals surface area contributed by atoms with Crippen molar-refractivity contribution in [2.75, 3.05) is 0 Å². The van der Waals surface area contributed by atoms with Gasteiger partial charge in [0.05, 0.1) is 11.6 Å². The van der Waals surface area contributed by atoms with E-state index in [2.05, 4.69) is 10.2 Å². The van der Waals surface area contributed by atoms with Gasteiger partial charge in [0.15, 0.2) is 11.6 Å². The molecule has 1 aliphatic carbocycles. The van der Waals surface area contributed by atoms with Crippen LogP contribution < -0.4 is 0 Å². The Balaban J connectivity index is 1.86. The monoisotopic (exact) mass is 394 g/mol. The van der Waals surface area contributed by atoms with E-state index < -0.39 is 11.8 Å². The molecule has 1 atom stereocenters. The lowest BCUT2D eigenvalue weighted by Crippen LogP contribution is -2.31. The maximum absolute atomic E-state index is 13.9. The fraction of sp³-hybridized carbons (Fsp3) is 0.154. The molecule has 4 rings (SSSR count). The smallest absolute Gasteiger partial charge is 0.180 e. The topological polar surface area (TPSA) is 58.9 Å². The number of hydrogen-bond donors (Lipinski definition) is 0. The van der Waals surface area contributed by atoms with Gasteiger partial charge in [0, 0.05) is 16.8 Å². The number of carbonyl (C=O) groups excluding carboxylic acids is 2. The average Bonchev–Trinajstić information content (AvgIpc) is 3.06. The van der Waals surface area contributed by atoms with Crippen LogP contribution in [-0.2, 0) is 4.79 Å². The molecule has 4 nitrogen and oxygen atoms in total. The molecule has 0 aliphatic heterocycles. The van der Waals surface area contributed by atoms with Crippen LogP contribution in [0.1, 0.15) is 46.8 Å². The van der Waals surface area contributed by atoms with Gasteiger partial charge < -0.3 is 0 Å². The largest absolute Gasteiger partial charge is 0.297 e. The van der Waals surface area contributed by atoms with Gasteiger partial charge in [-0.25, -0.2) is 0 Å². The molecule has 0 spiro atoms. The fourth-order valence-corrected chi connectivity index (χ4v) is 3.86. The SMILES string of the molecule is CC(C)=N/N=C1\c2ccccc2C(=O)[C@@H]1C(=O)C(c1ccccc1)c1ccccc1. The Bertz CT molecular complexity index is 1100. The van der Waals surface area contributed by atoms with Crippen molar-refractivity contribution in [2.45, 2.75) is 19.8 Å². The Labute approximate surface area is 176 Å². The lowest BCUT2D eigenvalue weighted by atomic mass is 9.80. The van der Waals surface area contributed by atoms with Crippen LogP contribution in [0.3, 0.4) is 0 Å². The van der Waals surface area contributed by atoms with Crippen LogP contribution in [-0.4, -0.2) is 23.0 Å². The number of ketones is 2. The predicted molar refractivity (Wildman–Crippen MR) is 119 cm³/mol. The zero-order valence-corrected chi connectivity index (χ0v) is 16.9. The van der Waals surface area contributed by atoms with Crippen molar-refractivity contribution in [3.63, 3.8) is 0 Å². The first-order valence-electron chi connectivity index (χ1n) is 9.94. The molecule has 30 heavy (non-hydrogen) atoms. The van der Waals surface area contributed by atoms with Crippen molar-refractivity contribution in [3.8, 4) is 0 Å². The molecule has 148 valence electrons. The van der Waals surface area contributed by atoms with Crippen LogP contribution >= 0.6 is 0 Å². The minimum atomic E-state index is -0.976. The first-order chi connectivity index (χ1) is 14.6. The maximum atomic E-state index is 13.9. The highest BCUT2D eigenvalue weighted by Crippen LogP contribution is 2.35. The Morgan fingerprint density at radius 2 is 1.27 bits per heavy atom. The molecule has 0 aromatic heterocycles. The van der Waals surface area contributed by atoms with Gasteiger partial charge in [-0.15, -0.1) is 0 Å². The molecule has 0 radical (unpaired) electrons. The van der Waals surface area contributed by atoms with E-state index in [1.54, 1.807) is 12.1 Å². The molecule has 0 unspecified atom stereocenters. The molecule has 0 heterocycles. The summed E-state index contributed by atoms with van der Waals surface area (Å²) in [6, 6.07) is 26.4. The zero-order valence-electron chi connectivity index (χ0n) is 16.9. The quantitative estimate of drug-likeness (QED) is 0.344. The Morgan fingerprint density at radius 1 is 0.767 bits per heavy atom. The van der Waals surface area contributed by atoms with Gasteiger partial charge >= 0.3 is 0 Å². The Kier molecular flexibility index (Phi) is 5.48. The molecule has 4 heteroatoms. The van der Waals surface area contributed by atoms with Crippen molar-refractivity contribution in [1.82, 2.24) is 0 Å². The van der Waals surface area contributed by atoms with E-state index in [-0.39, 0.29) is 11.6 Å². The minimum Gasteiger partial charge on any atom is -0.297 e. The number of benzene rings is 3. The van der Waals surface area contributed by atoms with Crippen LogP contribution in [0.25, 0.3) is 0 Å². The van der Waals surface area contributed by atoms with Crippen molar-refractivity contribution >= 4 is 23.0 Å². The lowest BCUT2D eigenvalue weighted by Gasteiger charge is -2.20. The summed E-state index contributed by atoms with van der Waals surface area (Å²) in [5.41, 5.74) is 4.11. The van der Waals surface area contributed by atoms with E-state index >= 15 is 0 Å². The first kappa shape index (κ1) is 19.6. The van der Waals surface area contributed by atoms with E-state index in [9.17, 15) is 9.59 Å². The number of carbonyl (C=O) groups is 2. The first-order valence-corrected chi connectivity index (χ1v) is 9.94. The number of hydrogen-bond acceptors (Lipinski definition) is 4. The van der Waals surface area contributed by atoms with Crippen molar-refractivity contribution < 1.29 is 9.59 Å². The number of rotatable bonds is 5. The third-order valence-electron chi connectivity index (χ3n) is 5.20. The molecule has 0 amide bonds. The highest BCUT2D eigenvalue weighted by molar-refractivity contribution is 6.38. The molecular weight excluding hydrogens is 372 g/mol. The van der Waals surface area contributed by atoms with Crippen LogP contribution in [0.4, 0.5) is 0 Å². The minimum absolute atomic E-state index is 0.184. The molecule has 0 bridgehead atoms. The van der Waals surface area contributed by atoms with Gasteiger partial charge in [-0.1, -0.05) is 84.9 Å². The Hall–Kier alpha value is -3.66. The van der Waals surface area contributed by atoms with Crippen LogP contribution in [0.2, 0.25) is 0 Å². The molecule has 0 saturated carbocycles. The predicted octanol–water partition coefficient (Wildman–Crippen LogP) is 5.09. The maximum Gasteiger partial charge on any atom is 0.180 e. The summed E-state index contributed by atoms with van der Waals surface area (Å²) in [6.45, 7) is 3.67. The summed E-state index contributed by atoms with van der Waals surface area (Å²) in [7, 11) is 0. The number of fused-ring (bicyclic) bond motifs is 1. The molecule has 0 fully saturated rings. The zero-order chi connectivity index (χ0) is 21.1. The summed E-state index contributed by atoms with van der Waals surface area (Å²) in [4.78, 5) is 27.2. The lowest BCUT2D eigenvalue weighted by molar-refractivity contribution is -0.120. The highest BCUT2D eigenvalue weighted by Gasteiger charge is 2.44. The van der Waals surface area contributed by atoms with E-state index in [1.165, 1.54) is 0 Å². The van der Waals surface area contributed by atoms with Crippen LogP contribution in [0.15, 0.2) is 95.1 Å². The summed E-state index contributed by atoms with van der Waals surface area (Å²) >= 11 is 0.